The van der Waals surface area contributed by atoms with Crippen molar-refractivity contribution < 1.29 is 23.1 Å². The highest BCUT2D eigenvalue weighted by atomic mass is 79.9. The van der Waals surface area contributed by atoms with E-state index >= 15 is 0 Å². The highest BCUT2D eigenvalue weighted by molar-refractivity contribution is 9.10. The minimum atomic E-state index is -0.737. The molecule has 0 saturated heterocycles. The summed E-state index contributed by atoms with van der Waals surface area (Å²) in [5.74, 6) is -1.66. The number of ether oxygens (including phenoxy) is 1. The Morgan fingerprint density at radius 3 is 2.81 bits per heavy atom. The van der Waals surface area contributed by atoms with Crippen LogP contribution in [-0.2, 0) is 16.0 Å². The average Bonchev–Trinajstić information content (AvgIpc) is 3.01. The van der Waals surface area contributed by atoms with E-state index in [-0.39, 0.29) is 31.3 Å². The smallest absolute Gasteiger partial charge is 0.265 e. The molecule has 0 saturated carbocycles. The Morgan fingerprint density at radius 2 is 2.00 bits per heavy atom. The third kappa shape index (κ3) is 2.84. The second kappa shape index (κ2) is 6.35. The van der Waals surface area contributed by atoms with Crippen molar-refractivity contribution in [2.24, 2.45) is 0 Å². The van der Waals surface area contributed by atoms with Crippen molar-refractivity contribution in [1.29, 1.82) is 0 Å². The minimum Gasteiger partial charge on any atom is -0.482 e. The molecule has 5 nitrogen and oxygen atoms in total. The number of rotatable bonds is 2. The van der Waals surface area contributed by atoms with Gasteiger partial charge in [-0.25, -0.2) is 8.78 Å². The number of nitrogens with zero attached hydrogens (tertiary/aromatic N) is 2. The van der Waals surface area contributed by atoms with Crippen molar-refractivity contribution in [1.82, 2.24) is 0 Å². The molecule has 0 fully saturated rings. The van der Waals surface area contributed by atoms with E-state index in [9.17, 15) is 18.4 Å². The topological polar surface area (TPSA) is 49.9 Å². The van der Waals surface area contributed by atoms with Crippen LogP contribution in [0.1, 0.15) is 5.56 Å². The van der Waals surface area contributed by atoms with Gasteiger partial charge in [-0.2, -0.15) is 0 Å². The monoisotopic (exact) mass is 422 g/mol. The van der Waals surface area contributed by atoms with E-state index in [1.807, 2.05) is 0 Å². The maximum absolute atomic E-state index is 13.9. The van der Waals surface area contributed by atoms with Gasteiger partial charge in [0.2, 0.25) is 5.91 Å². The first-order chi connectivity index (χ1) is 12.4. The lowest BCUT2D eigenvalue weighted by Gasteiger charge is -2.30. The van der Waals surface area contributed by atoms with Gasteiger partial charge >= 0.3 is 0 Å². The highest BCUT2D eigenvalue weighted by Gasteiger charge is 2.32. The Hall–Kier alpha value is -2.48. The van der Waals surface area contributed by atoms with Crippen LogP contribution in [0.15, 0.2) is 34.8 Å². The second-order valence-corrected chi connectivity index (χ2v) is 6.98. The first kappa shape index (κ1) is 17.0. The van der Waals surface area contributed by atoms with Gasteiger partial charge in [0.25, 0.3) is 5.91 Å². The number of fused-ring (bicyclic) bond motifs is 2. The van der Waals surface area contributed by atoms with Crippen LogP contribution in [0.3, 0.4) is 0 Å². The van der Waals surface area contributed by atoms with E-state index in [1.54, 1.807) is 18.2 Å². The van der Waals surface area contributed by atoms with Gasteiger partial charge < -0.3 is 9.64 Å². The fraction of sp³-hybridized carbons (Fsp3) is 0.222. The van der Waals surface area contributed by atoms with E-state index < -0.39 is 17.5 Å². The normalized spacial score (nSPS) is 15.6. The number of carbonyl (C=O) groups excluding carboxylic acids is 2. The van der Waals surface area contributed by atoms with Crippen LogP contribution in [0, 0.1) is 11.6 Å². The second-order valence-electron chi connectivity index (χ2n) is 6.06. The van der Waals surface area contributed by atoms with Crippen LogP contribution in [0.5, 0.6) is 5.75 Å². The van der Waals surface area contributed by atoms with Gasteiger partial charge in [0, 0.05) is 22.6 Å². The molecule has 0 aliphatic carbocycles. The van der Waals surface area contributed by atoms with Crippen molar-refractivity contribution in [2.75, 3.05) is 29.5 Å². The average molecular weight is 423 g/mol. The van der Waals surface area contributed by atoms with E-state index in [2.05, 4.69) is 15.9 Å². The van der Waals surface area contributed by atoms with Crippen LogP contribution < -0.4 is 14.5 Å². The van der Waals surface area contributed by atoms with Crippen LogP contribution in [0.4, 0.5) is 20.2 Å². The molecule has 134 valence electrons. The number of amides is 2. The molecule has 2 aromatic carbocycles. The summed E-state index contributed by atoms with van der Waals surface area (Å²) < 4.78 is 33.6. The number of anilines is 2. The van der Waals surface area contributed by atoms with Gasteiger partial charge in [-0.15, -0.1) is 0 Å². The maximum atomic E-state index is 13.9. The lowest BCUT2D eigenvalue weighted by molar-refractivity contribution is -0.124. The third-order valence-corrected chi connectivity index (χ3v) is 4.97. The Morgan fingerprint density at radius 1 is 1.19 bits per heavy atom. The predicted molar refractivity (Wildman–Crippen MR) is 94.4 cm³/mol. The lowest BCUT2D eigenvalue weighted by Crippen LogP contribution is -2.46. The first-order valence-electron chi connectivity index (χ1n) is 7.95. The molecule has 4 rings (SSSR count). The Kier molecular flexibility index (Phi) is 4.14. The number of carbonyl (C=O) groups is 2. The fourth-order valence-corrected chi connectivity index (χ4v) is 3.59. The molecule has 2 aromatic rings. The lowest BCUT2D eigenvalue weighted by atomic mass is 10.1. The molecular formula is C18H13BrF2N2O3. The molecular weight excluding hydrogens is 410 g/mol. The van der Waals surface area contributed by atoms with Gasteiger partial charge in [0.05, 0.1) is 11.4 Å². The molecule has 0 spiro atoms. The van der Waals surface area contributed by atoms with Crippen LogP contribution in [-0.4, -0.2) is 31.5 Å². The third-order valence-electron chi connectivity index (χ3n) is 4.47. The molecule has 0 unspecified atom stereocenters. The van der Waals surface area contributed by atoms with Gasteiger partial charge in [0.15, 0.2) is 6.61 Å². The van der Waals surface area contributed by atoms with E-state index in [0.717, 1.165) is 16.6 Å². The number of hydrogen-bond donors (Lipinski definition) is 0. The van der Waals surface area contributed by atoms with Gasteiger partial charge in [-0.05, 0) is 30.7 Å². The fourth-order valence-electron chi connectivity index (χ4n) is 3.25. The maximum Gasteiger partial charge on any atom is 0.265 e. The summed E-state index contributed by atoms with van der Waals surface area (Å²) in [7, 11) is 0. The zero-order valence-electron chi connectivity index (χ0n) is 13.5. The molecule has 2 amide bonds. The summed E-state index contributed by atoms with van der Waals surface area (Å²) in [6, 6.07) is 7.10. The Bertz CT molecular complexity index is 935. The van der Waals surface area contributed by atoms with E-state index in [0.29, 0.717) is 23.4 Å². The molecule has 2 aliphatic rings. The van der Waals surface area contributed by atoms with Crippen molar-refractivity contribution in [3.05, 3.63) is 52.0 Å². The highest BCUT2D eigenvalue weighted by Crippen LogP contribution is 2.35. The SMILES string of the molecule is O=C1COc2cc(Br)ccc2N1CC(=O)N1CCc2c(F)cc(F)cc21. The minimum absolute atomic E-state index is 0.170. The van der Waals surface area contributed by atoms with Crippen LogP contribution in [0.2, 0.25) is 0 Å². The zero-order valence-corrected chi connectivity index (χ0v) is 15.1. The van der Waals surface area contributed by atoms with Gasteiger partial charge in [-0.3, -0.25) is 14.5 Å². The van der Waals surface area contributed by atoms with Gasteiger partial charge in [-0.1, -0.05) is 15.9 Å². The number of benzene rings is 2. The first-order valence-corrected chi connectivity index (χ1v) is 8.74. The summed E-state index contributed by atoms with van der Waals surface area (Å²) in [4.78, 5) is 27.7. The van der Waals surface area contributed by atoms with Gasteiger partial charge in [0.1, 0.15) is 23.9 Å². The molecule has 26 heavy (non-hydrogen) atoms. The molecule has 0 bridgehead atoms. The predicted octanol–water partition coefficient (Wildman–Crippen LogP) is 3.04. The van der Waals surface area contributed by atoms with Crippen molar-refractivity contribution in [3.63, 3.8) is 0 Å². The molecule has 0 radical (unpaired) electrons. The largest absolute Gasteiger partial charge is 0.482 e. The molecule has 8 heteroatoms. The van der Waals surface area contributed by atoms with Crippen molar-refractivity contribution in [3.8, 4) is 5.75 Å². The van der Waals surface area contributed by atoms with E-state index in [1.165, 1.54) is 9.80 Å². The number of hydrogen-bond acceptors (Lipinski definition) is 3. The Labute approximate surface area is 156 Å². The summed E-state index contributed by atoms with van der Waals surface area (Å²) >= 11 is 3.33. The van der Waals surface area contributed by atoms with E-state index in [4.69, 9.17) is 4.74 Å². The summed E-state index contributed by atoms with van der Waals surface area (Å²) in [6.07, 6.45) is 0.313. The molecule has 0 N–H and O–H groups in total. The summed E-state index contributed by atoms with van der Waals surface area (Å²) in [6.45, 7) is -0.148. The Balaban J connectivity index is 1.62. The molecule has 0 aromatic heterocycles. The zero-order chi connectivity index (χ0) is 18.4. The molecule has 0 atom stereocenters. The molecule has 2 aliphatic heterocycles. The van der Waals surface area contributed by atoms with Crippen molar-refractivity contribution in [2.45, 2.75) is 6.42 Å². The summed E-state index contributed by atoms with van der Waals surface area (Å²) in [5, 5.41) is 0. The van der Waals surface area contributed by atoms with Crippen molar-refractivity contribution >= 4 is 39.1 Å². The number of halogens is 3. The quantitative estimate of drug-likeness (QED) is 0.747. The standard InChI is InChI=1S/C18H13BrF2N2O3/c19-10-1-2-14-16(5-10)26-9-18(25)23(14)8-17(24)22-4-3-12-13(21)6-11(20)7-15(12)22/h1-2,5-7H,3-4,8-9H2. The van der Waals surface area contributed by atoms with Crippen LogP contribution >= 0.6 is 15.9 Å². The molecule has 2 heterocycles. The van der Waals surface area contributed by atoms with Crippen LogP contribution in [0.25, 0.3) is 0 Å². The summed E-state index contributed by atoms with van der Waals surface area (Å²) in [5.41, 5.74) is 1.03.